The Morgan fingerprint density at radius 3 is 2.60 bits per heavy atom. The number of carbonyl (C=O) groups is 2. The molecule has 3 aliphatic rings. The number of hydrogen-bond donors (Lipinski definition) is 2. The van der Waals surface area contributed by atoms with Crippen LogP contribution >= 0.6 is 0 Å². The number of benzene rings is 2. The molecular formula is C31H42N2O6Si. The first-order valence-corrected chi connectivity index (χ1v) is 17.5. The van der Waals surface area contributed by atoms with Crippen molar-refractivity contribution in [3.63, 3.8) is 0 Å². The smallest absolute Gasteiger partial charge is 0.226 e. The number of fused-ring (bicyclic) bond motifs is 2. The molecule has 9 heteroatoms. The van der Waals surface area contributed by atoms with Crippen LogP contribution in [0.25, 0.3) is 0 Å². The maximum absolute atomic E-state index is 13.8. The highest BCUT2D eigenvalue weighted by Crippen LogP contribution is 2.48. The summed E-state index contributed by atoms with van der Waals surface area (Å²) in [5.74, 6) is 0.579. The van der Waals surface area contributed by atoms with Gasteiger partial charge in [-0.3, -0.25) is 9.59 Å². The fourth-order valence-electron chi connectivity index (χ4n) is 6.73. The third-order valence-electron chi connectivity index (χ3n) is 9.03. The largest absolute Gasteiger partial charge is 0.490 e. The Kier molecular flexibility index (Phi) is 8.38. The number of aliphatic hydroxyl groups excluding tert-OH is 1. The number of piperidine rings is 1. The Morgan fingerprint density at radius 2 is 1.93 bits per heavy atom. The topological polar surface area (TPSA) is 99.5 Å². The molecule has 0 aliphatic carbocycles. The Hall–Kier alpha value is -2.72. The average Bonchev–Trinajstić information content (AvgIpc) is 2.94. The van der Waals surface area contributed by atoms with Gasteiger partial charge in [-0.05, 0) is 61.7 Å². The zero-order chi connectivity index (χ0) is 28.6. The van der Waals surface area contributed by atoms with Crippen LogP contribution in [0.5, 0.6) is 5.75 Å². The molecule has 5 atom stereocenters. The minimum absolute atomic E-state index is 0.0808. The number of amides is 2. The van der Waals surface area contributed by atoms with E-state index >= 15 is 0 Å². The molecule has 2 aromatic rings. The number of rotatable bonds is 7. The van der Waals surface area contributed by atoms with Gasteiger partial charge in [-0.2, -0.15) is 0 Å². The van der Waals surface area contributed by atoms with E-state index in [4.69, 9.17) is 9.47 Å². The summed E-state index contributed by atoms with van der Waals surface area (Å²) in [7, 11) is -1.23. The van der Waals surface area contributed by atoms with Crippen molar-refractivity contribution in [2.75, 3.05) is 25.2 Å². The van der Waals surface area contributed by atoms with E-state index in [1.807, 2.05) is 61.3 Å². The Balaban J connectivity index is 1.41. The summed E-state index contributed by atoms with van der Waals surface area (Å²) in [5, 5.41) is 10.1. The molecule has 40 heavy (non-hydrogen) atoms. The summed E-state index contributed by atoms with van der Waals surface area (Å²) >= 11 is 0. The van der Waals surface area contributed by atoms with Gasteiger partial charge in [0.05, 0.1) is 18.8 Å². The van der Waals surface area contributed by atoms with Crippen molar-refractivity contribution >= 4 is 25.8 Å². The number of carbonyl (C=O) groups excluding carboxylic acids is 2. The lowest BCUT2D eigenvalue weighted by atomic mass is 9.86. The highest BCUT2D eigenvalue weighted by molar-refractivity contribution is 6.71. The molecule has 1 saturated heterocycles. The molecule has 2 N–H and O–H groups in total. The number of methoxy groups -OCH3 is 1. The minimum Gasteiger partial charge on any atom is -0.490 e. The molecule has 0 radical (unpaired) electrons. The van der Waals surface area contributed by atoms with E-state index in [1.165, 1.54) is 0 Å². The Morgan fingerprint density at radius 1 is 1.18 bits per heavy atom. The van der Waals surface area contributed by atoms with Crippen molar-refractivity contribution in [2.24, 2.45) is 5.92 Å². The van der Waals surface area contributed by atoms with Crippen LogP contribution < -0.4 is 9.64 Å². The van der Waals surface area contributed by atoms with Gasteiger partial charge in [-0.1, -0.05) is 31.2 Å². The molecule has 0 saturated carbocycles. The van der Waals surface area contributed by atoms with Gasteiger partial charge in [0.1, 0.15) is 11.9 Å². The van der Waals surface area contributed by atoms with Gasteiger partial charge in [-0.15, -0.1) is 0 Å². The van der Waals surface area contributed by atoms with E-state index < -0.39 is 14.4 Å². The Bertz CT molecular complexity index is 1250. The van der Waals surface area contributed by atoms with Gasteiger partial charge < -0.3 is 29.2 Å². The van der Waals surface area contributed by atoms with Gasteiger partial charge in [0.25, 0.3) is 0 Å². The maximum atomic E-state index is 13.8. The first-order valence-electron chi connectivity index (χ1n) is 14.5. The van der Waals surface area contributed by atoms with Crippen LogP contribution in [-0.4, -0.2) is 67.3 Å². The monoisotopic (exact) mass is 566 g/mol. The summed E-state index contributed by atoms with van der Waals surface area (Å²) in [6.45, 7) is 6.81. The lowest BCUT2D eigenvalue weighted by Gasteiger charge is -2.45. The fourth-order valence-corrected chi connectivity index (χ4v) is 8.58. The van der Waals surface area contributed by atoms with Gasteiger partial charge in [0, 0.05) is 55.8 Å². The molecule has 3 aliphatic heterocycles. The molecule has 216 valence electrons. The summed E-state index contributed by atoms with van der Waals surface area (Å²) in [4.78, 5) is 41.5. The quantitative estimate of drug-likeness (QED) is 0.488. The second-order valence-corrected chi connectivity index (χ2v) is 16.2. The van der Waals surface area contributed by atoms with E-state index in [0.29, 0.717) is 31.7 Å². The SMILES string of the molecule is CO[C@H]1c2cc(N3CCCCC3=O)ccc2O[C@@H](C(CC(=O)N2Cc3ccccc3C[C@H]2CO)[Si](C)(C)O)[C@@H]1C. The number of aliphatic hydroxyl groups is 1. The van der Waals surface area contributed by atoms with Crippen LogP contribution in [0.15, 0.2) is 42.5 Å². The van der Waals surface area contributed by atoms with Crippen LogP contribution in [0, 0.1) is 5.92 Å². The average molecular weight is 567 g/mol. The van der Waals surface area contributed by atoms with Gasteiger partial charge in [-0.25, -0.2) is 0 Å². The van der Waals surface area contributed by atoms with Crippen molar-refractivity contribution in [1.29, 1.82) is 0 Å². The van der Waals surface area contributed by atoms with Crippen molar-refractivity contribution < 1.29 is 29.0 Å². The molecule has 2 aromatic carbocycles. The molecule has 1 fully saturated rings. The van der Waals surface area contributed by atoms with Crippen LogP contribution in [0.3, 0.4) is 0 Å². The molecule has 3 heterocycles. The predicted molar refractivity (Wildman–Crippen MR) is 156 cm³/mol. The summed E-state index contributed by atoms with van der Waals surface area (Å²) in [6.07, 6.45) is 2.47. The minimum atomic E-state index is -2.90. The number of hydrogen-bond acceptors (Lipinski definition) is 6. The van der Waals surface area contributed by atoms with Crippen molar-refractivity contribution in [2.45, 2.75) is 82.5 Å². The first-order chi connectivity index (χ1) is 19.1. The second-order valence-electron chi connectivity index (χ2n) is 12.1. The Labute approximate surface area is 238 Å². The summed E-state index contributed by atoms with van der Waals surface area (Å²) in [6, 6.07) is 13.6. The van der Waals surface area contributed by atoms with E-state index in [0.717, 1.165) is 35.2 Å². The van der Waals surface area contributed by atoms with Crippen LogP contribution in [0.4, 0.5) is 5.69 Å². The third-order valence-corrected chi connectivity index (χ3v) is 11.4. The number of ether oxygens (including phenoxy) is 2. The van der Waals surface area contributed by atoms with Gasteiger partial charge >= 0.3 is 0 Å². The number of anilines is 1. The third kappa shape index (κ3) is 5.57. The van der Waals surface area contributed by atoms with Crippen molar-refractivity contribution in [1.82, 2.24) is 4.90 Å². The highest BCUT2D eigenvalue weighted by atomic mass is 28.4. The zero-order valence-electron chi connectivity index (χ0n) is 24.0. The lowest BCUT2D eigenvalue weighted by Crippen LogP contribution is -2.52. The summed E-state index contributed by atoms with van der Waals surface area (Å²) in [5.41, 5.74) is 3.60. The predicted octanol–water partition coefficient (Wildman–Crippen LogP) is 4.19. The fraction of sp³-hybridized carbons (Fsp3) is 0.548. The zero-order valence-corrected chi connectivity index (χ0v) is 25.0. The van der Waals surface area contributed by atoms with E-state index in [-0.39, 0.29) is 48.4 Å². The van der Waals surface area contributed by atoms with Crippen molar-refractivity contribution in [3.8, 4) is 5.75 Å². The molecular weight excluding hydrogens is 524 g/mol. The van der Waals surface area contributed by atoms with Crippen molar-refractivity contribution in [3.05, 3.63) is 59.2 Å². The number of nitrogens with zero attached hydrogens (tertiary/aromatic N) is 2. The molecule has 1 unspecified atom stereocenters. The standard InChI is InChI=1S/C31H42N2O6Si/c1-20-30(38-2)25-16-23(32-14-8-7-11-28(32)35)12-13-26(25)39-31(20)27(40(3,4)37)17-29(36)33-18-22-10-6-5-9-21(22)15-24(33)19-34/h5-6,9-10,12-13,16,20,24,27,30-31,34,37H,7-8,11,14-15,17-19H2,1-4H3/t20-,24+,27?,30-,31-/m1/s1. The molecule has 8 nitrogen and oxygen atoms in total. The van der Waals surface area contributed by atoms with Gasteiger partial charge in [0.2, 0.25) is 11.8 Å². The van der Waals surface area contributed by atoms with E-state index in [1.54, 1.807) is 12.0 Å². The van der Waals surface area contributed by atoms with Crippen LogP contribution in [0.1, 0.15) is 55.4 Å². The highest BCUT2D eigenvalue weighted by Gasteiger charge is 2.48. The maximum Gasteiger partial charge on any atom is 0.226 e. The second kappa shape index (κ2) is 11.6. The molecule has 5 rings (SSSR count). The van der Waals surface area contributed by atoms with E-state index in [2.05, 4.69) is 6.07 Å². The first kappa shape index (κ1) is 28.8. The molecule has 2 amide bonds. The lowest BCUT2D eigenvalue weighted by molar-refractivity contribution is -0.136. The molecule has 0 aromatic heterocycles. The summed E-state index contributed by atoms with van der Waals surface area (Å²) < 4.78 is 12.6. The molecule has 0 spiro atoms. The normalized spacial score (nSPS) is 25.6. The van der Waals surface area contributed by atoms with Crippen LogP contribution in [0.2, 0.25) is 18.6 Å². The van der Waals surface area contributed by atoms with E-state index in [9.17, 15) is 19.5 Å². The van der Waals surface area contributed by atoms with Gasteiger partial charge in [0.15, 0.2) is 8.32 Å². The molecule has 0 bridgehead atoms. The van der Waals surface area contributed by atoms with Crippen LogP contribution in [-0.2, 0) is 27.3 Å².